The Hall–Kier alpha value is -2.43. The van der Waals surface area contributed by atoms with E-state index in [2.05, 4.69) is 39.7 Å². The second kappa shape index (κ2) is 10.7. The van der Waals surface area contributed by atoms with E-state index in [0.29, 0.717) is 39.0 Å². The van der Waals surface area contributed by atoms with E-state index in [9.17, 15) is 9.59 Å². The van der Waals surface area contributed by atoms with E-state index >= 15 is 0 Å². The lowest BCUT2D eigenvalue weighted by Crippen LogP contribution is -2.31. The number of hydrogen-bond donors (Lipinski definition) is 2. The average Bonchev–Trinajstić information content (AvgIpc) is 3.35. The highest BCUT2D eigenvalue weighted by Gasteiger charge is 2.24. The fraction of sp³-hybridized carbons (Fsp3) is 0.350. The third-order valence-corrected chi connectivity index (χ3v) is 6.36. The first-order valence-electron chi connectivity index (χ1n) is 9.62. The molecule has 0 saturated heterocycles. The normalized spacial score (nSPS) is 12.0. The zero-order valence-corrected chi connectivity index (χ0v) is 19.7. The van der Waals surface area contributed by atoms with Crippen LogP contribution in [0.5, 0.6) is 0 Å². The Morgan fingerprint density at radius 1 is 1.26 bits per heavy atom. The van der Waals surface area contributed by atoms with Crippen LogP contribution in [0.2, 0.25) is 5.02 Å². The van der Waals surface area contributed by atoms with Gasteiger partial charge in [0, 0.05) is 18.6 Å². The third kappa shape index (κ3) is 6.28. The molecule has 1 atom stereocenters. The Morgan fingerprint density at radius 3 is 2.71 bits per heavy atom. The van der Waals surface area contributed by atoms with Gasteiger partial charge in [-0.1, -0.05) is 49.3 Å². The van der Waals surface area contributed by atoms with Crippen LogP contribution in [0.1, 0.15) is 42.5 Å². The summed E-state index contributed by atoms with van der Waals surface area (Å²) < 4.78 is 1.81. The summed E-state index contributed by atoms with van der Waals surface area (Å²) in [5, 5.41) is 17.6. The number of halogens is 1. The zero-order chi connectivity index (χ0) is 22.4. The van der Waals surface area contributed by atoms with Crippen LogP contribution in [0.4, 0.5) is 5.13 Å². The Morgan fingerprint density at radius 2 is 2.03 bits per heavy atom. The van der Waals surface area contributed by atoms with Crippen LogP contribution in [-0.2, 0) is 11.8 Å². The van der Waals surface area contributed by atoms with E-state index in [1.807, 2.05) is 7.05 Å². The van der Waals surface area contributed by atoms with E-state index < -0.39 is 0 Å². The van der Waals surface area contributed by atoms with Gasteiger partial charge >= 0.3 is 0 Å². The van der Waals surface area contributed by atoms with Crippen LogP contribution < -0.4 is 10.6 Å². The maximum absolute atomic E-state index is 12.8. The molecule has 0 spiro atoms. The molecule has 8 nitrogen and oxygen atoms in total. The molecule has 0 saturated carbocycles. The predicted octanol–water partition coefficient (Wildman–Crippen LogP) is 4.17. The number of anilines is 1. The zero-order valence-electron chi connectivity index (χ0n) is 17.3. The SMILES string of the molecule is CC(C)C[C@@H](NC(=O)c1ccccc1Cl)c1nnc(SCC(=O)Nc2nccs2)n1C. The smallest absolute Gasteiger partial charge is 0.253 e. The third-order valence-electron chi connectivity index (χ3n) is 4.32. The van der Waals surface area contributed by atoms with Gasteiger partial charge < -0.3 is 15.2 Å². The molecule has 0 radical (unpaired) electrons. The lowest BCUT2D eigenvalue weighted by molar-refractivity contribution is -0.113. The monoisotopic (exact) mass is 478 g/mol. The second-order valence-corrected chi connectivity index (χ2v) is 9.45. The first-order chi connectivity index (χ1) is 14.8. The molecule has 3 aromatic rings. The molecule has 0 aliphatic rings. The number of carbonyl (C=O) groups is 2. The molecule has 2 heterocycles. The summed E-state index contributed by atoms with van der Waals surface area (Å²) >= 11 is 8.80. The average molecular weight is 479 g/mol. The van der Waals surface area contributed by atoms with E-state index in [4.69, 9.17) is 11.6 Å². The van der Waals surface area contributed by atoms with Crippen molar-refractivity contribution in [3.8, 4) is 0 Å². The highest BCUT2D eigenvalue weighted by Crippen LogP contribution is 2.25. The molecule has 2 amide bonds. The van der Waals surface area contributed by atoms with Gasteiger partial charge in [-0.25, -0.2) is 4.98 Å². The van der Waals surface area contributed by atoms with Crippen LogP contribution in [0.3, 0.4) is 0 Å². The molecule has 0 bridgehead atoms. The Labute approximate surface area is 193 Å². The number of amides is 2. The largest absolute Gasteiger partial charge is 0.342 e. The summed E-state index contributed by atoms with van der Waals surface area (Å²) in [5.41, 5.74) is 0.411. The van der Waals surface area contributed by atoms with Gasteiger partial charge in [-0.15, -0.1) is 21.5 Å². The van der Waals surface area contributed by atoms with Gasteiger partial charge in [0.1, 0.15) is 0 Å². The Kier molecular flexibility index (Phi) is 8.05. The molecule has 31 heavy (non-hydrogen) atoms. The summed E-state index contributed by atoms with van der Waals surface area (Å²) in [6.45, 7) is 4.15. The number of nitrogens with one attached hydrogen (secondary N) is 2. The van der Waals surface area contributed by atoms with Crippen molar-refractivity contribution >= 4 is 51.6 Å². The molecular formula is C20H23ClN6O2S2. The Bertz CT molecular complexity index is 1040. The fourth-order valence-corrected chi connectivity index (χ4v) is 4.39. The van der Waals surface area contributed by atoms with Crippen LogP contribution in [0.25, 0.3) is 0 Å². The van der Waals surface area contributed by atoms with Crippen molar-refractivity contribution in [2.75, 3.05) is 11.1 Å². The van der Waals surface area contributed by atoms with Crippen molar-refractivity contribution in [2.24, 2.45) is 13.0 Å². The minimum absolute atomic E-state index is 0.171. The number of benzene rings is 1. The summed E-state index contributed by atoms with van der Waals surface area (Å²) in [6, 6.07) is 6.57. The lowest BCUT2D eigenvalue weighted by atomic mass is 10.0. The molecule has 0 aliphatic carbocycles. The molecule has 0 unspecified atom stereocenters. The summed E-state index contributed by atoms with van der Waals surface area (Å²) in [7, 11) is 1.82. The molecule has 164 valence electrons. The minimum Gasteiger partial charge on any atom is -0.342 e. The molecule has 1 aromatic carbocycles. The molecule has 3 rings (SSSR count). The first-order valence-corrected chi connectivity index (χ1v) is 11.9. The molecule has 11 heteroatoms. The number of hydrogen-bond acceptors (Lipinski definition) is 7. The van der Waals surface area contributed by atoms with Gasteiger partial charge in [-0.2, -0.15) is 0 Å². The van der Waals surface area contributed by atoms with Gasteiger partial charge in [-0.05, 0) is 24.5 Å². The van der Waals surface area contributed by atoms with Crippen molar-refractivity contribution in [3.05, 3.63) is 52.3 Å². The number of aromatic nitrogens is 4. The summed E-state index contributed by atoms with van der Waals surface area (Å²) in [4.78, 5) is 29.0. The quantitative estimate of drug-likeness (QED) is 0.447. The van der Waals surface area contributed by atoms with Gasteiger partial charge in [-0.3, -0.25) is 9.59 Å². The van der Waals surface area contributed by atoms with E-state index in [1.54, 1.807) is 40.4 Å². The van der Waals surface area contributed by atoms with Gasteiger partial charge in [0.15, 0.2) is 16.1 Å². The number of rotatable bonds is 9. The van der Waals surface area contributed by atoms with Gasteiger partial charge in [0.05, 0.1) is 22.4 Å². The maximum Gasteiger partial charge on any atom is 0.253 e. The molecule has 0 fully saturated rings. The van der Waals surface area contributed by atoms with Crippen LogP contribution in [-0.4, -0.2) is 37.3 Å². The highest BCUT2D eigenvalue weighted by molar-refractivity contribution is 7.99. The van der Waals surface area contributed by atoms with Crippen LogP contribution in [0.15, 0.2) is 41.0 Å². The van der Waals surface area contributed by atoms with E-state index in [-0.39, 0.29) is 23.6 Å². The predicted molar refractivity (Wildman–Crippen MR) is 124 cm³/mol. The number of carbonyl (C=O) groups excluding carboxylic acids is 2. The summed E-state index contributed by atoms with van der Waals surface area (Å²) in [5.74, 6) is 0.670. The topological polar surface area (TPSA) is 102 Å². The van der Waals surface area contributed by atoms with Crippen LogP contribution in [0, 0.1) is 5.92 Å². The van der Waals surface area contributed by atoms with Crippen LogP contribution >= 0.6 is 34.7 Å². The minimum atomic E-state index is -0.347. The second-order valence-electron chi connectivity index (χ2n) is 7.21. The molecule has 2 aromatic heterocycles. The number of thioether (sulfide) groups is 1. The van der Waals surface area contributed by atoms with E-state index in [1.165, 1.54) is 23.1 Å². The van der Waals surface area contributed by atoms with Crippen molar-refractivity contribution < 1.29 is 9.59 Å². The molecular weight excluding hydrogens is 456 g/mol. The van der Waals surface area contributed by atoms with Gasteiger partial charge in [0.2, 0.25) is 5.91 Å². The first kappa shape index (κ1) is 23.2. The highest BCUT2D eigenvalue weighted by atomic mass is 35.5. The summed E-state index contributed by atoms with van der Waals surface area (Å²) in [6.07, 6.45) is 2.31. The fourth-order valence-electron chi connectivity index (χ4n) is 2.91. The van der Waals surface area contributed by atoms with E-state index in [0.717, 1.165) is 0 Å². The van der Waals surface area contributed by atoms with Crippen molar-refractivity contribution in [1.29, 1.82) is 0 Å². The van der Waals surface area contributed by atoms with Crippen molar-refractivity contribution in [3.63, 3.8) is 0 Å². The maximum atomic E-state index is 12.8. The standard InChI is InChI=1S/C20H23ClN6O2S2/c1-12(2)10-15(23-18(29)13-6-4-5-7-14(13)21)17-25-26-20(27(17)3)31-11-16(28)24-19-22-8-9-30-19/h4-9,12,15H,10-11H2,1-3H3,(H,23,29)(H,22,24,28)/t15-/m1/s1. The Balaban J connectivity index is 1.70. The van der Waals surface area contributed by atoms with Gasteiger partial charge in [0.25, 0.3) is 5.91 Å². The molecule has 2 N–H and O–H groups in total. The number of thiazole rings is 1. The van der Waals surface area contributed by atoms with Crippen molar-refractivity contribution in [1.82, 2.24) is 25.1 Å². The van der Waals surface area contributed by atoms with Crippen molar-refractivity contribution in [2.45, 2.75) is 31.5 Å². The lowest BCUT2D eigenvalue weighted by Gasteiger charge is -2.20. The molecule has 0 aliphatic heterocycles. The number of nitrogens with zero attached hydrogens (tertiary/aromatic N) is 4.